The molecule has 0 unspecified atom stereocenters. The molecule has 0 saturated heterocycles. The van der Waals surface area contributed by atoms with Gasteiger partial charge in [0.05, 0.1) is 6.04 Å². The van der Waals surface area contributed by atoms with Crippen molar-refractivity contribution in [2.24, 2.45) is 11.7 Å². The van der Waals surface area contributed by atoms with Crippen molar-refractivity contribution in [3.63, 3.8) is 0 Å². The van der Waals surface area contributed by atoms with Crippen LogP contribution in [-0.4, -0.2) is 30.0 Å². The normalized spacial score (nSPS) is 27.4. The Morgan fingerprint density at radius 1 is 1.44 bits per heavy atom. The van der Waals surface area contributed by atoms with Gasteiger partial charge in [-0.2, -0.15) is 11.8 Å². The molecule has 0 aliphatic heterocycles. The summed E-state index contributed by atoms with van der Waals surface area (Å²) in [6.07, 6.45) is 7.49. The molecule has 1 aliphatic rings. The van der Waals surface area contributed by atoms with Crippen molar-refractivity contribution in [1.29, 1.82) is 0 Å². The lowest BCUT2D eigenvalue weighted by atomic mass is 9.87. The number of hydrogen-bond donors (Lipinski definition) is 2. The van der Waals surface area contributed by atoms with Crippen molar-refractivity contribution >= 4 is 17.7 Å². The van der Waals surface area contributed by atoms with E-state index in [9.17, 15) is 4.79 Å². The van der Waals surface area contributed by atoms with Gasteiger partial charge in [0.1, 0.15) is 0 Å². The number of carbonyl (C=O) groups excluding carboxylic acids is 1. The van der Waals surface area contributed by atoms with Crippen LogP contribution >= 0.6 is 11.8 Å². The van der Waals surface area contributed by atoms with Crippen LogP contribution in [0.3, 0.4) is 0 Å². The van der Waals surface area contributed by atoms with E-state index in [1.807, 2.05) is 6.26 Å². The second-order valence-corrected chi connectivity index (χ2v) is 5.84. The molecule has 0 aromatic heterocycles. The van der Waals surface area contributed by atoms with Gasteiger partial charge in [-0.05, 0) is 50.0 Å². The number of rotatable bonds is 5. The van der Waals surface area contributed by atoms with Crippen LogP contribution in [0.15, 0.2) is 0 Å². The average molecular weight is 244 g/mol. The Kier molecular flexibility index (Phi) is 6.21. The van der Waals surface area contributed by atoms with E-state index in [4.69, 9.17) is 5.73 Å². The van der Waals surface area contributed by atoms with Crippen molar-refractivity contribution in [3.05, 3.63) is 0 Å². The van der Waals surface area contributed by atoms with E-state index in [-0.39, 0.29) is 11.9 Å². The summed E-state index contributed by atoms with van der Waals surface area (Å²) in [5.41, 5.74) is 5.82. The van der Waals surface area contributed by atoms with Gasteiger partial charge in [-0.25, -0.2) is 0 Å². The average Bonchev–Trinajstić information content (AvgIpc) is 2.29. The predicted octanol–water partition coefficient (Wildman–Crippen LogP) is 1.76. The molecular formula is C12H24N2OS. The highest BCUT2D eigenvalue weighted by Crippen LogP contribution is 2.23. The van der Waals surface area contributed by atoms with E-state index < -0.39 is 0 Å². The van der Waals surface area contributed by atoms with Crippen LogP contribution in [0, 0.1) is 5.92 Å². The summed E-state index contributed by atoms with van der Waals surface area (Å²) in [4.78, 5) is 11.8. The quantitative estimate of drug-likeness (QED) is 0.775. The Morgan fingerprint density at radius 3 is 2.62 bits per heavy atom. The maximum Gasteiger partial charge on any atom is 0.237 e. The molecule has 0 bridgehead atoms. The second kappa shape index (κ2) is 7.17. The van der Waals surface area contributed by atoms with Crippen LogP contribution in [0.2, 0.25) is 0 Å². The van der Waals surface area contributed by atoms with Gasteiger partial charge in [-0.3, -0.25) is 4.79 Å². The SMILES string of the molecule is CSCC[C@@H](N)C(=O)NC1CCC(C)CC1. The highest BCUT2D eigenvalue weighted by atomic mass is 32.2. The fourth-order valence-corrected chi connectivity index (χ4v) is 2.58. The Labute approximate surface area is 103 Å². The van der Waals surface area contributed by atoms with E-state index in [2.05, 4.69) is 12.2 Å². The highest BCUT2D eigenvalue weighted by molar-refractivity contribution is 7.98. The van der Waals surface area contributed by atoms with Crippen LogP contribution < -0.4 is 11.1 Å². The first kappa shape index (κ1) is 13.8. The largest absolute Gasteiger partial charge is 0.352 e. The molecule has 1 amide bonds. The van der Waals surface area contributed by atoms with Gasteiger partial charge >= 0.3 is 0 Å². The molecule has 1 atom stereocenters. The van der Waals surface area contributed by atoms with Crippen LogP contribution in [-0.2, 0) is 4.79 Å². The maximum atomic E-state index is 11.8. The molecule has 1 aliphatic carbocycles. The third-order valence-electron chi connectivity index (χ3n) is 3.33. The van der Waals surface area contributed by atoms with E-state index in [1.165, 1.54) is 12.8 Å². The number of hydrogen-bond acceptors (Lipinski definition) is 3. The minimum absolute atomic E-state index is 0.0357. The smallest absolute Gasteiger partial charge is 0.237 e. The molecule has 94 valence electrons. The third kappa shape index (κ3) is 4.74. The Balaban J connectivity index is 2.22. The Bertz CT molecular complexity index is 215. The van der Waals surface area contributed by atoms with Crippen molar-refractivity contribution < 1.29 is 4.79 Å². The fourth-order valence-electron chi connectivity index (χ4n) is 2.09. The van der Waals surface area contributed by atoms with Gasteiger partial charge in [0.25, 0.3) is 0 Å². The summed E-state index contributed by atoms with van der Waals surface area (Å²) in [5, 5.41) is 3.07. The van der Waals surface area contributed by atoms with Gasteiger partial charge in [0.15, 0.2) is 0 Å². The molecule has 0 spiro atoms. The summed E-state index contributed by atoms with van der Waals surface area (Å²) in [7, 11) is 0. The molecular weight excluding hydrogens is 220 g/mol. The summed E-state index contributed by atoms with van der Waals surface area (Å²) in [6, 6.07) is 0.0378. The molecule has 0 aromatic rings. The molecule has 1 fully saturated rings. The molecule has 3 N–H and O–H groups in total. The lowest BCUT2D eigenvalue weighted by Gasteiger charge is -2.27. The lowest BCUT2D eigenvalue weighted by Crippen LogP contribution is -2.46. The van der Waals surface area contributed by atoms with Crippen LogP contribution in [0.4, 0.5) is 0 Å². The van der Waals surface area contributed by atoms with Gasteiger partial charge < -0.3 is 11.1 Å². The number of amides is 1. The zero-order valence-corrected chi connectivity index (χ0v) is 11.2. The standard InChI is InChI=1S/C12H24N2OS/c1-9-3-5-10(6-4-9)14-12(15)11(13)7-8-16-2/h9-11H,3-8,13H2,1-2H3,(H,14,15)/t9?,10?,11-/m1/s1. The maximum absolute atomic E-state index is 11.8. The summed E-state index contributed by atoms with van der Waals surface area (Å²) in [6.45, 7) is 2.28. The summed E-state index contributed by atoms with van der Waals surface area (Å²) >= 11 is 1.73. The van der Waals surface area contributed by atoms with E-state index in [0.717, 1.165) is 30.9 Å². The van der Waals surface area contributed by atoms with Gasteiger partial charge in [0, 0.05) is 6.04 Å². The Hall–Kier alpha value is -0.220. The summed E-state index contributed by atoms with van der Waals surface area (Å²) < 4.78 is 0. The number of nitrogens with two attached hydrogens (primary N) is 1. The zero-order valence-electron chi connectivity index (χ0n) is 10.4. The number of carbonyl (C=O) groups is 1. The monoisotopic (exact) mass is 244 g/mol. The Morgan fingerprint density at radius 2 is 2.06 bits per heavy atom. The number of thioether (sulfide) groups is 1. The lowest BCUT2D eigenvalue weighted by molar-refractivity contribution is -0.123. The second-order valence-electron chi connectivity index (χ2n) is 4.85. The molecule has 1 saturated carbocycles. The van der Waals surface area contributed by atoms with Gasteiger partial charge in [-0.1, -0.05) is 6.92 Å². The molecule has 16 heavy (non-hydrogen) atoms. The van der Waals surface area contributed by atoms with E-state index in [1.54, 1.807) is 11.8 Å². The first-order chi connectivity index (χ1) is 7.63. The minimum atomic E-state index is -0.327. The molecule has 0 radical (unpaired) electrons. The van der Waals surface area contributed by atoms with Crippen LogP contribution in [0.5, 0.6) is 0 Å². The van der Waals surface area contributed by atoms with Crippen LogP contribution in [0.1, 0.15) is 39.0 Å². The van der Waals surface area contributed by atoms with Gasteiger partial charge in [-0.15, -0.1) is 0 Å². The topological polar surface area (TPSA) is 55.1 Å². The number of nitrogens with one attached hydrogen (secondary N) is 1. The first-order valence-corrected chi connectivity index (χ1v) is 7.57. The van der Waals surface area contributed by atoms with Crippen molar-refractivity contribution in [3.8, 4) is 0 Å². The predicted molar refractivity (Wildman–Crippen MR) is 70.5 cm³/mol. The highest BCUT2D eigenvalue weighted by Gasteiger charge is 2.21. The van der Waals surface area contributed by atoms with E-state index in [0.29, 0.717) is 6.04 Å². The van der Waals surface area contributed by atoms with Crippen molar-refractivity contribution in [1.82, 2.24) is 5.32 Å². The fraction of sp³-hybridized carbons (Fsp3) is 0.917. The zero-order chi connectivity index (χ0) is 12.0. The van der Waals surface area contributed by atoms with E-state index >= 15 is 0 Å². The van der Waals surface area contributed by atoms with Crippen LogP contribution in [0.25, 0.3) is 0 Å². The van der Waals surface area contributed by atoms with Crippen molar-refractivity contribution in [2.45, 2.75) is 51.1 Å². The molecule has 1 rings (SSSR count). The first-order valence-electron chi connectivity index (χ1n) is 6.18. The van der Waals surface area contributed by atoms with Crippen molar-refractivity contribution in [2.75, 3.05) is 12.0 Å². The molecule has 0 heterocycles. The molecule has 4 heteroatoms. The molecule has 3 nitrogen and oxygen atoms in total. The minimum Gasteiger partial charge on any atom is -0.352 e. The summed E-state index contributed by atoms with van der Waals surface area (Å²) in [5.74, 6) is 1.81. The van der Waals surface area contributed by atoms with Gasteiger partial charge in [0.2, 0.25) is 5.91 Å². The molecule has 0 aromatic carbocycles. The third-order valence-corrected chi connectivity index (χ3v) is 3.98.